The van der Waals surface area contributed by atoms with E-state index in [1.165, 1.54) is 0 Å². The minimum absolute atomic E-state index is 0.380. The van der Waals surface area contributed by atoms with Gasteiger partial charge in [0.1, 0.15) is 0 Å². The highest BCUT2D eigenvalue weighted by Crippen LogP contribution is 2.28. The molecule has 0 aliphatic carbocycles. The molecule has 0 radical (unpaired) electrons. The SMILES string of the molecule is C=N/C(=C(\N=C/C(C)C)c1ccccc1)c1ccccc1. The van der Waals surface area contributed by atoms with Crippen LogP contribution in [-0.2, 0) is 0 Å². The number of rotatable bonds is 5. The number of aliphatic imine (C=N–C) groups is 2. The normalized spacial score (nSPS) is 12.5. The molecule has 0 spiro atoms. The van der Waals surface area contributed by atoms with E-state index in [4.69, 9.17) is 0 Å². The van der Waals surface area contributed by atoms with Gasteiger partial charge >= 0.3 is 0 Å². The topological polar surface area (TPSA) is 24.7 Å². The second-order valence-electron chi connectivity index (χ2n) is 5.11. The molecule has 0 unspecified atom stereocenters. The zero-order chi connectivity index (χ0) is 15.1. The van der Waals surface area contributed by atoms with E-state index in [-0.39, 0.29) is 0 Å². The fourth-order valence-corrected chi connectivity index (χ4v) is 1.99. The monoisotopic (exact) mass is 276 g/mol. The summed E-state index contributed by atoms with van der Waals surface area (Å²) in [5.74, 6) is 0.380. The zero-order valence-electron chi connectivity index (χ0n) is 12.5. The average Bonchev–Trinajstić information content (AvgIpc) is 2.53. The molecule has 0 saturated heterocycles. The number of benzene rings is 2. The number of hydrogen-bond acceptors (Lipinski definition) is 2. The summed E-state index contributed by atoms with van der Waals surface area (Å²) in [7, 11) is 0. The summed E-state index contributed by atoms with van der Waals surface area (Å²) < 4.78 is 0. The van der Waals surface area contributed by atoms with Crippen molar-refractivity contribution in [2.24, 2.45) is 15.9 Å². The van der Waals surface area contributed by atoms with E-state index in [0.717, 1.165) is 22.5 Å². The summed E-state index contributed by atoms with van der Waals surface area (Å²) >= 11 is 0. The maximum absolute atomic E-state index is 4.66. The highest BCUT2D eigenvalue weighted by Gasteiger charge is 2.09. The molecule has 2 rings (SSSR count). The molecular weight excluding hydrogens is 256 g/mol. The van der Waals surface area contributed by atoms with Gasteiger partial charge in [-0.2, -0.15) is 0 Å². The summed E-state index contributed by atoms with van der Waals surface area (Å²) in [4.78, 5) is 8.89. The van der Waals surface area contributed by atoms with Gasteiger partial charge in [0.05, 0.1) is 11.4 Å². The molecule has 106 valence electrons. The van der Waals surface area contributed by atoms with Gasteiger partial charge in [0.15, 0.2) is 0 Å². The molecule has 0 aromatic heterocycles. The minimum atomic E-state index is 0.380. The molecule has 0 heterocycles. The predicted molar refractivity (Wildman–Crippen MR) is 92.6 cm³/mol. The van der Waals surface area contributed by atoms with Crippen LogP contribution in [0.25, 0.3) is 11.4 Å². The molecule has 0 fully saturated rings. The van der Waals surface area contributed by atoms with E-state index in [0.29, 0.717) is 5.92 Å². The third kappa shape index (κ3) is 3.99. The van der Waals surface area contributed by atoms with Crippen LogP contribution >= 0.6 is 0 Å². The Morgan fingerprint density at radius 3 is 1.76 bits per heavy atom. The fraction of sp³-hybridized carbons (Fsp3) is 0.158. The third-order valence-corrected chi connectivity index (χ3v) is 2.98. The lowest BCUT2D eigenvalue weighted by Gasteiger charge is -2.09. The van der Waals surface area contributed by atoms with Crippen molar-refractivity contribution in [1.82, 2.24) is 0 Å². The zero-order valence-corrected chi connectivity index (χ0v) is 12.5. The first kappa shape index (κ1) is 14.9. The average molecular weight is 276 g/mol. The third-order valence-electron chi connectivity index (χ3n) is 2.98. The van der Waals surface area contributed by atoms with Crippen LogP contribution in [0.5, 0.6) is 0 Å². The number of nitrogens with zero attached hydrogens (tertiary/aromatic N) is 2. The van der Waals surface area contributed by atoms with Crippen molar-refractivity contribution in [1.29, 1.82) is 0 Å². The molecular formula is C19H20N2. The Morgan fingerprint density at radius 1 is 0.857 bits per heavy atom. The van der Waals surface area contributed by atoms with Crippen molar-refractivity contribution in [2.75, 3.05) is 0 Å². The lowest BCUT2D eigenvalue weighted by atomic mass is 10.1. The molecule has 0 bridgehead atoms. The van der Waals surface area contributed by atoms with Gasteiger partial charge in [-0.15, -0.1) is 0 Å². The van der Waals surface area contributed by atoms with Gasteiger partial charge in [0.25, 0.3) is 0 Å². The maximum Gasteiger partial charge on any atom is 0.0960 e. The van der Waals surface area contributed by atoms with Gasteiger partial charge in [-0.1, -0.05) is 74.5 Å². The first-order chi connectivity index (χ1) is 10.2. The number of hydrogen-bond donors (Lipinski definition) is 0. The molecule has 0 aliphatic heterocycles. The molecule has 2 aromatic carbocycles. The minimum Gasteiger partial charge on any atom is -0.262 e. The van der Waals surface area contributed by atoms with Gasteiger partial charge in [-0.3, -0.25) is 9.98 Å². The second-order valence-corrected chi connectivity index (χ2v) is 5.11. The molecule has 0 saturated carbocycles. The van der Waals surface area contributed by atoms with Crippen LogP contribution in [-0.4, -0.2) is 12.9 Å². The van der Waals surface area contributed by atoms with Gasteiger partial charge in [0, 0.05) is 17.3 Å². The van der Waals surface area contributed by atoms with Crippen molar-refractivity contribution in [2.45, 2.75) is 13.8 Å². The lowest BCUT2D eigenvalue weighted by molar-refractivity contribution is 0.908. The van der Waals surface area contributed by atoms with Crippen LogP contribution < -0.4 is 0 Å². The maximum atomic E-state index is 4.66. The smallest absolute Gasteiger partial charge is 0.0960 e. The molecule has 0 atom stereocenters. The van der Waals surface area contributed by atoms with Crippen molar-refractivity contribution < 1.29 is 0 Å². The Labute approximate surface area is 126 Å². The molecule has 2 nitrogen and oxygen atoms in total. The van der Waals surface area contributed by atoms with E-state index in [1.807, 2.05) is 66.9 Å². The van der Waals surface area contributed by atoms with E-state index in [9.17, 15) is 0 Å². The Balaban J connectivity index is 2.61. The van der Waals surface area contributed by atoms with Gasteiger partial charge < -0.3 is 0 Å². The summed E-state index contributed by atoms with van der Waals surface area (Å²) in [6.07, 6.45) is 1.94. The Bertz CT molecular complexity index is 638. The van der Waals surface area contributed by atoms with Crippen LogP contribution in [0.1, 0.15) is 25.0 Å². The van der Waals surface area contributed by atoms with Gasteiger partial charge in [-0.05, 0) is 12.6 Å². The van der Waals surface area contributed by atoms with Crippen LogP contribution in [0.15, 0.2) is 70.6 Å². The van der Waals surface area contributed by atoms with Crippen LogP contribution in [0, 0.1) is 5.92 Å². The summed E-state index contributed by atoms with van der Waals surface area (Å²) in [6, 6.07) is 20.1. The van der Waals surface area contributed by atoms with Crippen molar-refractivity contribution >= 4 is 24.3 Å². The Kier molecular flexibility index (Phi) is 5.22. The quantitative estimate of drug-likeness (QED) is 0.546. The Hall–Kier alpha value is -2.48. The fourth-order valence-electron chi connectivity index (χ4n) is 1.99. The molecule has 21 heavy (non-hydrogen) atoms. The molecule has 2 aromatic rings. The highest BCUT2D eigenvalue weighted by atomic mass is 14.8. The van der Waals surface area contributed by atoms with Crippen molar-refractivity contribution in [3.05, 3.63) is 71.8 Å². The molecule has 0 amide bonds. The largest absolute Gasteiger partial charge is 0.262 e. The first-order valence-corrected chi connectivity index (χ1v) is 7.08. The molecule has 0 aliphatic rings. The lowest BCUT2D eigenvalue weighted by Crippen LogP contribution is -1.92. The van der Waals surface area contributed by atoms with E-state index in [2.05, 4.69) is 30.5 Å². The van der Waals surface area contributed by atoms with E-state index in [1.54, 1.807) is 0 Å². The molecule has 2 heteroatoms. The van der Waals surface area contributed by atoms with Crippen LogP contribution in [0.4, 0.5) is 0 Å². The molecule has 0 N–H and O–H groups in total. The summed E-state index contributed by atoms with van der Waals surface area (Å²) in [5, 5.41) is 0. The van der Waals surface area contributed by atoms with Crippen LogP contribution in [0.2, 0.25) is 0 Å². The highest BCUT2D eigenvalue weighted by molar-refractivity contribution is 5.93. The Morgan fingerprint density at radius 2 is 1.33 bits per heavy atom. The summed E-state index contributed by atoms with van der Waals surface area (Å²) in [6.45, 7) is 7.94. The van der Waals surface area contributed by atoms with Gasteiger partial charge in [-0.25, -0.2) is 0 Å². The summed E-state index contributed by atoms with van der Waals surface area (Å²) in [5.41, 5.74) is 3.72. The first-order valence-electron chi connectivity index (χ1n) is 7.08. The standard InChI is InChI=1S/C19H20N2/c1-15(2)14-21-19(17-12-8-5-9-13-17)18(20-3)16-10-6-4-7-11-16/h4-15H,3H2,1-2H3/b19-18-,21-14-. The predicted octanol–water partition coefficient (Wildman–Crippen LogP) is 4.94. The van der Waals surface area contributed by atoms with Crippen molar-refractivity contribution in [3.8, 4) is 0 Å². The van der Waals surface area contributed by atoms with Crippen molar-refractivity contribution in [3.63, 3.8) is 0 Å². The van der Waals surface area contributed by atoms with Gasteiger partial charge in [0.2, 0.25) is 0 Å². The van der Waals surface area contributed by atoms with E-state index >= 15 is 0 Å². The van der Waals surface area contributed by atoms with Crippen LogP contribution in [0.3, 0.4) is 0 Å². The second kappa shape index (κ2) is 7.34. The van der Waals surface area contributed by atoms with E-state index < -0.39 is 0 Å².